The SMILES string of the molecule is Cc1cccc(-c2ccc(C)cc2C(=O)N2CCCC2(C)c2nc3cc(C(F)(F)F)ccc3[nH]2)c1. The normalized spacial score (nSPS) is 18.4. The number of carbonyl (C=O) groups excluding carboxylic acids is 1. The third kappa shape index (κ3) is 4.09. The van der Waals surface area contributed by atoms with Gasteiger partial charge in [-0.25, -0.2) is 4.98 Å². The average Bonchev–Trinajstić information content (AvgIpc) is 3.42. The van der Waals surface area contributed by atoms with Gasteiger partial charge in [0.1, 0.15) is 5.82 Å². The predicted molar refractivity (Wildman–Crippen MR) is 130 cm³/mol. The molecule has 1 atom stereocenters. The Hall–Kier alpha value is -3.61. The highest BCUT2D eigenvalue weighted by Gasteiger charge is 2.44. The van der Waals surface area contributed by atoms with Gasteiger partial charge in [-0.3, -0.25) is 4.79 Å². The fraction of sp³-hybridized carbons (Fsp3) is 0.286. The molecular weight excluding hydrogens is 451 g/mol. The van der Waals surface area contributed by atoms with E-state index in [4.69, 9.17) is 0 Å². The number of halogens is 3. The minimum atomic E-state index is -4.44. The van der Waals surface area contributed by atoms with E-state index in [0.29, 0.717) is 29.9 Å². The van der Waals surface area contributed by atoms with Gasteiger partial charge in [0.05, 0.1) is 22.1 Å². The topological polar surface area (TPSA) is 49.0 Å². The van der Waals surface area contributed by atoms with Gasteiger partial charge in [-0.15, -0.1) is 0 Å². The molecule has 0 spiro atoms. The van der Waals surface area contributed by atoms with Gasteiger partial charge in [0, 0.05) is 12.1 Å². The Kier molecular flexibility index (Phi) is 5.46. The minimum Gasteiger partial charge on any atom is -0.340 e. The van der Waals surface area contributed by atoms with Crippen molar-refractivity contribution in [3.63, 3.8) is 0 Å². The lowest BCUT2D eigenvalue weighted by Crippen LogP contribution is -2.43. The summed E-state index contributed by atoms with van der Waals surface area (Å²) in [6, 6.07) is 17.4. The van der Waals surface area contributed by atoms with E-state index in [1.165, 1.54) is 6.07 Å². The monoisotopic (exact) mass is 477 g/mol. The molecule has 0 bridgehead atoms. The van der Waals surface area contributed by atoms with Crippen molar-refractivity contribution in [1.29, 1.82) is 0 Å². The number of H-pyrrole nitrogens is 1. The summed E-state index contributed by atoms with van der Waals surface area (Å²) in [5.41, 5.74) is 3.78. The van der Waals surface area contributed by atoms with Crippen LogP contribution in [-0.4, -0.2) is 27.3 Å². The Labute approximate surface area is 201 Å². The van der Waals surface area contributed by atoms with E-state index < -0.39 is 17.3 Å². The molecule has 1 saturated heterocycles. The number of amides is 1. The van der Waals surface area contributed by atoms with Gasteiger partial charge in [0.15, 0.2) is 0 Å². The number of alkyl halides is 3. The number of nitrogens with zero attached hydrogens (tertiary/aromatic N) is 2. The second kappa shape index (κ2) is 8.26. The molecule has 0 saturated carbocycles. The summed E-state index contributed by atoms with van der Waals surface area (Å²) in [5.74, 6) is 0.393. The lowest BCUT2D eigenvalue weighted by atomic mass is 9.93. The van der Waals surface area contributed by atoms with Crippen LogP contribution in [0.25, 0.3) is 22.2 Å². The molecule has 4 nitrogen and oxygen atoms in total. The summed E-state index contributed by atoms with van der Waals surface area (Å²) in [4.78, 5) is 23.5. The Bertz CT molecular complexity index is 1440. The van der Waals surface area contributed by atoms with Crippen LogP contribution in [0.15, 0.2) is 60.7 Å². The first-order valence-electron chi connectivity index (χ1n) is 11.6. The van der Waals surface area contributed by atoms with Gasteiger partial charge in [-0.1, -0.05) is 47.5 Å². The van der Waals surface area contributed by atoms with Crippen LogP contribution in [0.1, 0.15) is 52.6 Å². The van der Waals surface area contributed by atoms with Crippen LogP contribution in [0, 0.1) is 13.8 Å². The second-order valence-corrected chi connectivity index (χ2v) is 9.57. The molecule has 1 amide bonds. The maximum atomic E-state index is 14.0. The Morgan fingerprint density at radius 1 is 1.03 bits per heavy atom. The molecule has 3 aromatic carbocycles. The molecule has 1 aliphatic heterocycles. The van der Waals surface area contributed by atoms with E-state index in [1.807, 2.05) is 62.1 Å². The second-order valence-electron chi connectivity index (χ2n) is 9.57. The molecule has 0 aliphatic carbocycles. The molecule has 1 aromatic heterocycles. The highest BCUT2D eigenvalue weighted by molar-refractivity contribution is 6.01. The van der Waals surface area contributed by atoms with Crippen molar-refractivity contribution in [2.24, 2.45) is 0 Å². The third-order valence-electron chi connectivity index (χ3n) is 6.94. The highest BCUT2D eigenvalue weighted by atomic mass is 19.4. The number of benzene rings is 3. The minimum absolute atomic E-state index is 0.110. The number of fused-ring (bicyclic) bond motifs is 1. The van der Waals surface area contributed by atoms with Crippen molar-refractivity contribution < 1.29 is 18.0 Å². The predicted octanol–water partition coefficient (Wildman–Crippen LogP) is 7.02. The van der Waals surface area contributed by atoms with Gasteiger partial charge in [0.2, 0.25) is 0 Å². The van der Waals surface area contributed by atoms with Crippen molar-refractivity contribution in [2.75, 3.05) is 6.54 Å². The van der Waals surface area contributed by atoms with E-state index in [2.05, 4.69) is 16.0 Å². The van der Waals surface area contributed by atoms with Crippen LogP contribution in [0.4, 0.5) is 13.2 Å². The number of nitrogens with one attached hydrogen (secondary N) is 1. The van der Waals surface area contributed by atoms with E-state index >= 15 is 0 Å². The molecule has 1 aliphatic rings. The molecule has 35 heavy (non-hydrogen) atoms. The molecule has 1 fully saturated rings. The van der Waals surface area contributed by atoms with Crippen LogP contribution in [0.5, 0.6) is 0 Å². The van der Waals surface area contributed by atoms with Crippen molar-refractivity contribution in [3.8, 4) is 11.1 Å². The number of aromatic amines is 1. The summed E-state index contributed by atoms with van der Waals surface area (Å²) in [6.45, 7) is 6.45. The number of imidazole rings is 1. The molecule has 4 aromatic rings. The molecule has 5 rings (SSSR count). The first kappa shape index (κ1) is 23.1. The Balaban J connectivity index is 1.56. The van der Waals surface area contributed by atoms with Crippen LogP contribution in [-0.2, 0) is 11.7 Å². The van der Waals surface area contributed by atoms with Crippen molar-refractivity contribution in [3.05, 3.63) is 88.7 Å². The molecule has 0 radical (unpaired) electrons. The van der Waals surface area contributed by atoms with Gasteiger partial charge in [-0.05, 0) is 69.0 Å². The van der Waals surface area contributed by atoms with Crippen LogP contribution in [0.3, 0.4) is 0 Å². The summed E-state index contributed by atoms with van der Waals surface area (Å²) in [5, 5.41) is 0. The van der Waals surface area contributed by atoms with Gasteiger partial charge in [0.25, 0.3) is 5.91 Å². The third-order valence-corrected chi connectivity index (χ3v) is 6.94. The molecule has 180 valence electrons. The first-order chi connectivity index (χ1) is 16.6. The maximum Gasteiger partial charge on any atom is 0.416 e. The zero-order valence-electron chi connectivity index (χ0n) is 19.8. The molecule has 7 heteroatoms. The molecule has 1 N–H and O–H groups in total. The number of hydrogen-bond donors (Lipinski definition) is 1. The lowest BCUT2D eigenvalue weighted by molar-refractivity contribution is -0.137. The fourth-order valence-corrected chi connectivity index (χ4v) is 5.02. The zero-order chi connectivity index (χ0) is 25.0. The van der Waals surface area contributed by atoms with E-state index in [0.717, 1.165) is 40.8 Å². The number of carbonyl (C=O) groups is 1. The van der Waals surface area contributed by atoms with E-state index in [9.17, 15) is 18.0 Å². The van der Waals surface area contributed by atoms with Crippen molar-refractivity contribution >= 4 is 16.9 Å². The van der Waals surface area contributed by atoms with Crippen molar-refractivity contribution in [2.45, 2.75) is 45.3 Å². The summed E-state index contributed by atoms with van der Waals surface area (Å²) >= 11 is 0. The quantitative estimate of drug-likeness (QED) is 0.345. The van der Waals surface area contributed by atoms with Crippen LogP contribution in [0.2, 0.25) is 0 Å². The number of rotatable bonds is 3. The van der Waals surface area contributed by atoms with Gasteiger partial charge >= 0.3 is 6.18 Å². The Morgan fingerprint density at radius 2 is 1.80 bits per heavy atom. The number of hydrogen-bond acceptors (Lipinski definition) is 2. The van der Waals surface area contributed by atoms with Gasteiger partial charge < -0.3 is 9.88 Å². The largest absolute Gasteiger partial charge is 0.416 e. The maximum absolute atomic E-state index is 14.0. The van der Waals surface area contributed by atoms with Gasteiger partial charge in [-0.2, -0.15) is 13.2 Å². The first-order valence-corrected chi connectivity index (χ1v) is 11.6. The summed E-state index contributed by atoms with van der Waals surface area (Å²) in [7, 11) is 0. The smallest absolute Gasteiger partial charge is 0.340 e. The zero-order valence-corrected chi connectivity index (χ0v) is 19.8. The Morgan fingerprint density at radius 3 is 2.54 bits per heavy atom. The summed E-state index contributed by atoms with van der Waals surface area (Å²) in [6.07, 6.45) is -3.00. The summed E-state index contributed by atoms with van der Waals surface area (Å²) < 4.78 is 39.6. The van der Waals surface area contributed by atoms with Crippen LogP contribution >= 0.6 is 0 Å². The number of likely N-dealkylation sites (tertiary alicyclic amines) is 1. The van der Waals surface area contributed by atoms with E-state index in [-0.39, 0.29) is 11.4 Å². The molecule has 1 unspecified atom stereocenters. The van der Waals surface area contributed by atoms with Crippen LogP contribution < -0.4 is 0 Å². The number of aryl methyl sites for hydroxylation is 2. The standard InChI is InChI=1S/C28H26F3N3O/c1-17-6-4-7-19(14-17)21-10-8-18(2)15-22(21)25(35)34-13-5-12-27(34,3)26-32-23-11-9-20(28(29,30)31)16-24(23)33-26/h4,6-11,14-16H,5,12-13H2,1-3H3,(H,32,33). The average molecular weight is 478 g/mol. The fourth-order valence-electron chi connectivity index (χ4n) is 5.02. The highest BCUT2D eigenvalue weighted by Crippen LogP contribution is 2.40. The molecular formula is C28H26F3N3O. The van der Waals surface area contributed by atoms with E-state index in [1.54, 1.807) is 0 Å². The molecule has 2 heterocycles. The number of aromatic nitrogens is 2. The lowest BCUT2D eigenvalue weighted by Gasteiger charge is -2.34. The van der Waals surface area contributed by atoms with Crippen molar-refractivity contribution in [1.82, 2.24) is 14.9 Å².